The molecule has 0 aliphatic heterocycles. The van der Waals surface area contributed by atoms with Crippen molar-refractivity contribution >= 4 is 11.8 Å². The number of nitrogens with zero attached hydrogens (tertiary/aromatic N) is 1. The zero-order chi connectivity index (χ0) is 24.1. The number of benzene rings is 2. The molecule has 0 saturated carbocycles. The highest BCUT2D eigenvalue weighted by molar-refractivity contribution is 6.00. The van der Waals surface area contributed by atoms with Crippen LogP contribution < -0.4 is 14.2 Å². The van der Waals surface area contributed by atoms with E-state index in [1.165, 1.54) is 38.5 Å². The Kier molecular flexibility index (Phi) is 7.32. The van der Waals surface area contributed by atoms with Crippen molar-refractivity contribution in [2.24, 2.45) is 0 Å². The van der Waals surface area contributed by atoms with Crippen LogP contribution in [-0.2, 0) is 4.74 Å². The molecule has 1 aromatic heterocycles. The first-order valence-corrected chi connectivity index (χ1v) is 9.91. The van der Waals surface area contributed by atoms with Gasteiger partial charge >= 0.3 is 12.6 Å². The summed E-state index contributed by atoms with van der Waals surface area (Å²) in [4.78, 5) is 25.2. The Bertz CT molecular complexity index is 1150. The van der Waals surface area contributed by atoms with Crippen LogP contribution in [0.3, 0.4) is 0 Å². The lowest BCUT2D eigenvalue weighted by Crippen LogP contribution is -2.15. The van der Waals surface area contributed by atoms with Crippen molar-refractivity contribution in [3.63, 3.8) is 0 Å². The van der Waals surface area contributed by atoms with Crippen molar-refractivity contribution in [1.82, 2.24) is 4.57 Å². The van der Waals surface area contributed by atoms with Gasteiger partial charge in [0, 0.05) is 22.6 Å². The lowest BCUT2D eigenvalue weighted by molar-refractivity contribution is -0.0498. The van der Waals surface area contributed by atoms with Crippen LogP contribution in [0, 0.1) is 13.8 Å². The molecule has 33 heavy (non-hydrogen) atoms. The fourth-order valence-corrected chi connectivity index (χ4v) is 3.47. The number of esters is 1. The molecule has 0 fully saturated rings. The standard InChI is InChI=1S/C24H23F2NO6/c1-14-11-19(15(2)27(14)17-6-8-18(9-7-17)33-24(25)26)20(28)13-32-23(29)16-5-10-21(30-3)22(12-16)31-4/h5-12,24H,13H2,1-4H3. The van der Waals surface area contributed by atoms with Crippen LogP contribution in [0.1, 0.15) is 32.1 Å². The Morgan fingerprint density at radius 2 is 1.61 bits per heavy atom. The van der Waals surface area contributed by atoms with Gasteiger partial charge in [0.1, 0.15) is 5.75 Å². The Hall–Kier alpha value is -3.88. The number of aryl methyl sites for hydroxylation is 1. The van der Waals surface area contributed by atoms with E-state index in [2.05, 4.69) is 4.74 Å². The number of hydrogen-bond acceptors (Lipinski definition) is 6. The van der Waals surface area contributed by atoms with Crippen molar-refractivity contribution in [3.8, 4) is 22.9 Å². The molecule has 1 heterocycles. The minimum absolute atomic E-state index is 0.0367. The Morgan fingerprint density at radius 3 is 2.21 bits per heavy atom. The molecule has 0 aliphatic rings. The molecule has 0 aliphatic carbocycles. The van der Waals surface area contributed by atoms with Gasteiger partial charge in [-0.1, -0.05) is 0 Å². The largest absolute Gasteiger partial charge is 0.493 e. The molecule has 0 N–H and O–H groups in total. The molecule has 174 valence electrons. The second-order valence-corrected chi connectivity index (χ2v) is 7.06. The van der Waals surface area contributed by atoms with E-state index in [1.807, 2.05) is 6.92 Å². The first-order chi connectivity index (χ1) is 15.7. The summed E-state index contributed by atoms with van der Waals surface area (Å²) in [5.41, 5.74) is 2.66. The third-order valence-corrected chi connectivity index (χ3v) is 5.01. The SMILES string of the molecule is COc1ccc(C(=O)OCC(=O)c2cc(C)n(-c3ccc(OC(F)F)cc3)c2C)cc1OC. The van der Waals surface area contributed by atoms with Crippen LogP contribution in [0.5, 0.6) is 17.2 Å². The summed E-state index contributed by atoms with van der Waals surface area (Å²) in [5, 5.41) is 0. The number of ketones is 1. The maximum absolute atomic E-state index is 12.8. The topological polar surface area (TPSA) is 76.0 Å². The molecule has 0 spiro atoms. The number of ether oxygens (including phenoxy) is 4. The van der Waals surface area contributed by atoms with Gasteiger partial charge in [0.25, 0.3) is 0 Å². The van der Waals surface area contributed by atoms with E-state index in [0.29, 0.717) is 28.4 Å². The smallest absolute Gasteiger partial charge is 0.387 e. The van der Waals surface area contributed by atoms with Gasteiger partial charge in [-0.3, -0.25) is 4.79 Å². The van der Waals surface area contributed by atoms with Crippen molar-refractivity contribution in [2.45, 2.75) is 20.5 Å². The van der Waals surface area contributed by atoms with Crippen molar-refractivity contribution in [2.75, 3.05) is 20.8 Å². The first-order valence-electron chi connectivity index (χ1n) is 9.91. The molecule has 0 saturated heterocycles. The number of aromatic nitrogens is 1. The lowest BCUT2D eigenvalue weighted by Gasteiger charge is -2.11. The molecule has 0 radical (unpaired) electrons. The molecular weight excluding hydrogens is 436 g/mol. The minimum atomic E-state index is -2.91. The van der Waals surface area contributed by atoms with Crippen molar-refractivity contribution in [1.29, 1.82) is 0 Å². The van der Waals surface area contributed by atoms with Gasteiger partial charge < -0.3 is 23.5 Å². The highest BCUT2D eigenvalue weighted by Crippen LogP contribution is 2.28. The Balaban J connectivity index is 1.73. The highest BCUT2D eigenvalue weighted by atomic mass is 19.3. The molecule has 2 aromatic carbocycles. The minimum Gasteiger partial charge on any atom is -0.493 e. The molecule has 7 nitrogen and oxygen atoms in total. The quantitative estimate of drug-likeness (QED) is 0.340. The Labute approximate surface area is 189 Å². The van der Waals surface area contributed by atoms with E-state index >= 15 is 0 Å². The van der Waals surface area contributed by atoms with E-state index in [1.54, 1.807) is 35.8 Å². The predicted molar refractivity (Wildman–Crippen MR) is 116 cm³/mol. The van der Waals surface area contributed by atoms with Gasteiger partial charge in [0.2, 0.25) is 5.78 Å². The van der Waals surface area contributed by atoms with E-state index < -0.39 is 19.2 Å². The molecule has 0 amide bonds. The maximum atomic E-state index is 12.8. The fourth-order valence-electron chi connectivity index (χ4n) is 3.47. The number of rotatable bonds is 9. The predicted octanol–water partition coefficient (Wildman–Crippen LogP) is 4.75. The number of halogens is 2. The summed E-state index contributed by atoms with van der Waals surface area (Å²) >= 11 is 0. The van der Waals surface area contributed by atoms with Gasteiger partial charge in [-0.2, -0.15) is 8.78 Å². The molecule has 9 heteroatoms. The normalized spacial score (nSPS) is 10.8. The Morgan fingerprint density at radius 1 is 0.939 bits per heavy atom. The number of carbonyl (C=O) groups is 2. The molecule has 0 atom stereocenters. The molecular formula is C24H23F2NO6. The van der Waals surface area contributed by atoms with E-state index in [9.17, 15) is 18.4 Å². The van der Waals surface area contributed by atoms with Gasteiger partial charge in [0.05, 0.1) is 19.8 Å². The average molecular weight is 459 g/mol. The monoisotopic (exact) mass is 459 g/mol. The zero-order valence-electron chi connectivity index (χ0n) is 18.6. The number of alkyl halides is 2. The number of hydrogen-bond donors (Lipinski definition) is 0. The summed E-state index contributed by atoms with van der Waals surface area (Å²) in [7, 11) is 2.93. The van der Waals surface area contributed by atoms with Crippen molar-refractivity contribution in [3.05, 3.63) is 71.0 Å². The number of methoxy groups -OCH3 is 2. The summed E-state index contributed by atoms with van der Waals surface area (Å²) in [5.74, 6) is -0.179. The highest BCUT2D eigenvalue weighted by Gasteiger charge is 2.19. The summed E-state index contributed by atoms with van der Waals surface area (Å²) < 4.78 is 46.4. The van der Waals surface area contributed by atoms with Crippen LogP contribution in [0.25, 0.3) is 5.69 Å². The second-order valence-electron chi connectivity index (χ2n) is 7.06. The fraction of sp³-hybridized carbons (Fsp3) is 0.250. The van der Waals surface area contributed by atoms with Gasteiger partial charge in [-0.25, -0.2) is 4.79 Å². The van der Waals surface area contributed by atoms with Crippen LogP contribution in [0.2, 0.25) is 0 Å². The van der Waals surface area contributed by atoms with Gasteiger partial charge in [-0.15, -0.1) is 0 Å². The lowest BCUT2D eigenvalue weighted by atomic mass is 10.1. The number of carbonyl (C=O) groups excluding carboxylic acids is 2. The van der Waals surface area contributed by atoms with Gasteiger partial charge in [0.15, 0.2) is 18.1 Å². The van der Waals surface area contributed by atoms with E-state index in [0.717, 1.165) is 5.69 Å². The molecule has 3 aromatic rings. The zero-order valence-corrected chi connectivity index (χ0v) is 18.6. The van der Waals surface area contributed by atoms with Crippen LogP contribution in [0.4, 0.5) is 8.78 Å². The summed E-state index contributed by atoms with van der Waals surface area (Å²) in [6, 6.07) is 12.3. The van der Waals surface area contributed by atoms with E-state index in [4.69, 9.17) is 14.2 Å². The molecule has 0 bridgehead atoms. The van der Waals surface area contributed by atoms with E-state index in [-0.39, 0.29) is 17.1 Å². The molecule has 3 rings (SSSR count). The average Bonchev–Trinajstić information content (AvgIpc) is 3.10. The maximum Gasteiger partial charge on any atom is 0.387 e. The third-order valence-electron chi connectivity index (χ3n) is 5.01. The first kappa shape index (κ1) is 23.8. The second kappa shape index (κ2) is 10.2. The molecule has 0 unspecified atom stereocenters. The number of Topliss-reactive ketones (excluding diaryl/α,β-unsaturated/α-hetero) is 1. The van der Waals surface area contributed by atoms with Crippen LogP contribution in [-0.4, -0.2) is 43.8 Å². The third kappa shape index (κ3) is 5.31. The van der Waals surface area contributed by atoms with Gasteiger partial charge in [-0.05, 0) is 62.4 Å². The summed E-state index contributed by atoms with van der Waals surface area (Å²) in [6.07, 6.45) is 0. The van der Waals surface area contributed by atoms with Crippen LogP contribution in [0.15, 0.2) is 48.5 Å². The summed E-state index contributed by atoms with van der Waals surface area (Å²) in [6.45, 7) is 0.207. The van der Waals surface area contributed by atoms with Crippen LogP contribution >= 0.6 is 0 Å². The van der Waals surface area contributed by atoms with Crippen molar-refractivity contribution < 1.29 is 37.3 Å².